The van der Waals surface area contributed by atoms with E-state index < -0.39 is 0 Å². The van der Waals surface area contributed by atoms with Gasteiger partial charge < -0.3 is 5.32 Å². The highest BCUT2D eigenvalue weighted by molar-refractivity contribution is 14.1. The Hall–Kier alpha value is -0.0900. The Kier molecular flexibility index (Phi) is 5.49. The van der Waals surface area contributed by atoms with Gasteiger partial charge in [0.05, 0.1) is 0 Å². The number of halogens is 1. The summed E-state index contributed by atoms with van der Waals surface area (Å²) in [5.74, 6) is 0.936. The summed E-state index contributed by atoms with van der Waals surface area (Å²) >= 11 is 2.51. The fourth-order valence-corrected chi connectivity index (χ4v) is 3.82. The highest BCUT2D eigenvalue weighted by Crippen LogP contribution is 2.34. The number of rotatable bonds is 5. The van der Waals surface area contributed by atoms with E-state index in [1.165, 1.54) is 46.8 Å². The third kappa shape index (κ3) is 3.47. The van der Waals surface area contributed by atoms with Gasteiger partial charge >= 0.3 is 0 Å². The summed E-state index contributed by atoms with van der Waals surface area (Å²) in [5, 5.41) is 3.69. The van der Waals surface area contributed by atoms with Gasteiger partial charge in [0.2, 0.25) is 0 Å². The molecule has 1 aromatic rings. The second-order valence-corrected chi connectivity index (χ2v) is 6.55. The Labute approximate surface area is 125 Å². The molecule has 1 fully saturated rings. The first-order valence-corrected chi connectivity index (χ1v) is 8.28. The highest BCUT2D eigenvalue weighted by atomic mass is 127. The first-order chi connectivity index (χ1) is 8.72. The van der Waals surface area contributed by atoms with E-state index in [1.807, 2.05) is 0 Å². The Morgan fingerprint density at radius 3 is 2.72 bits per heavy atom. The lowest BCUT2D eigenvalue weighted by Crippen LogP contribution is -2.24. The summed E-state index contributed by atoms with van der Waals surface area (Å²) in [4.78, 5) is 0. The van der Waals surface area contributed by atoms with Gasteiger partial charge in [0.25, 0.3) is 0 Å². The van der Waals surface area contributed by atoms with Crippen LogP contribution in [0.25, 0.3) is 0 Å². The van der Waals surface area contributed by atoms with Crippen molar-refractivity contribution in [2.75, 3.05) is 6.54 Å². The zero-order valence-electron chi connectivity index (χ0n) is 11.5. The molecule has 0 aromatic heterocycles. The van der Waals surface area contributed by atoms with Crippen LogP contribution in [0.1, 0.15) is 56.2 Å². The molecular formula is C16H24IN. The molecule has 0 bridgehead atoms. The van der Waals surface area contributed by atoms with Crippen molar-refractivity contribution in [3.8, 4) is 0 Å². The van der Waals surface area contributed by atoms with Crippen molar-refractivity contribution in [2.45, 2.75) is 52.0 Å². The summed E-state index contributed by atoms with van der Waals surface area (Å²) in [5.41, 5.74) is 2.91. The third-order valence-electron chi connectivity index (χ3n) is 4.09. The van der Waals surface area contributed by atoms with Gasteiger partial charge in [0, 0.05) is 9.61 Å². The second-order valence-electron chi connectivity index (χ2n) is 5.47. The van der Waals surface area contributed by atoms with Gasteiger partial charge in [-0.2, -0.15) is 0 Å². The van der Waals surface area contributed by atoms with Crippen LogP contribution in [0.3, 0.4) is 0 Å². The first-order valence-electron chi connectivity index (χ1n) is 7.20. The SMILES string of the molecule is CCNC(CC1CCCC1)c1cccc(C)c1I. The van der Waals surface area contributed by atoms with E-state index in [4.69, 9.17) is 0 Å². The van der Waals surface area contributed by atoms with Crippen LogP contribution in [-0.2, 0) is 0 Å². The molecule has 1 aliphatic carbocycles. The summed E-state index contributed by atoms with van der Waals surface area (Å²) in [6.45, 7) is 5.48. The molecule has 0 radical (unpaired) electrons. The van der Waals surface area contributed by atoms with E-state index >= 15 is 0 Å². The monoisotopic (exact) mass is 357 g/mol. The summed E-state index contributed by atoms with van der Waals surface area (Å²) < 4.78 is 1.44. The standard InChI is InChI=1S/C16H24IN/c1-3-18-15(11-13-8-4-5-9-13)14-10-6-7-12(2)16(14)17/h6-7,10,13,15,18H,3-5,8-9,11H2,1-2H3. The van der Waals surface area contributed by atoms with Crippen molar-refractivity contribution >= 4 is 22.6 Å². The molecule has 1 atom stereocenters. The van der Waals surface area contributed by atoms with Crippen molar-refractivity contribution in [1.82, 2.24) is 5.32 Å². The zero-order chi connectivity index (χ0) is 13.0. The van der Waals surface area contributed by atoms with Gasteiger partial charge in [-0.1, -0.05) is 50.8 Å². The lowest BCUT2D eigenvalue weighted by atomic mass is 9.93. The normalized spacial score (nSPS) is 18.2. The molecule has 1 N–H and O–H groups in total. The van der Waals surface area contributed by atoms with Crippen LogP contribution in [0, 0.1) is 16.4 Å². The molecule has 1 nitrogen and oxygen atoms in total. The second kappa shape index (κ2) is 6.90. The van der Waals surface area contributed by atoms with E-state index in [1.54, 1.807) is 0 Å². The van der Waals surface area contributed by atoms with E-state index in [2.05, 4.69) is 60.0 Å². The van der Waals surface area contributed by atoms with Gasteiger partial charge in [0.15, 0.2) is 0 Å². The molecule has 1 saturated carbocycles. The molecule has 2 rings (SSSR count). The van der Waals surface area contributed by atoms with Crippen LogP contribution in [-0.4, -0.2) is 6.54 Å². The minimum absolute atomic E-state index is 0.546. The fraction of sp³-hybridized carbons (Fsp3) is 0.625. The molecule has 1 unspecified atom stereocenters. The molecular weight excluding hydrogens is 333 g/mol. The summed E-state index contributed by atoms with van der Waals surface area (Å²) in [7, 11) is 0. The Bertz CT molecular complexity index is 383. The number of hydrogen-bond acceptors (Lipinski definition) is 1. The summed E-state index contributed by atoms with van der Waals surface area (Å²) in [6.07, 6.45) is 7.06. The molecule has 0 amide bonds. The maximum atomic E-state index is 3.69. The van der Waals surface area contributed by atoms with Crippen molar-refractivity contribution in [2.24, 2.45) is 5.92 Å². The van der Waals surface area contributed by atoms with Gasteiger partial charge in [-0.3, -0.25) is 0 Å². The minimum Gasteiger partial charge on any atom is -0.310 e. The first kappa shape index (κ1) is 14.3. The predicted octanol–water partition coefficient (Wildman–Crippen LogP) is 4.83. The smallest absolute Gasteiger partial charge is 0.0333 e. The lowest BCUT2D eigenvalue weighted by Gasteiger charge is -2.23. The van der Waals surface area contributed by atoms with E-state index in [0.29, 0.717) is 6.04 Å². The largest absolute Gasteiger partial charge is 0.310 e. The van der Waals surface area contributed by atoms with E-state index in [0.717, 1.165) is 12.5 Å². The molecule has 100 valence electrons. The van der Waals surface area contributed by atoms with Crippen molar-refractivity contribution in [1.29, 1.82) is 0 Å². The van der Waals surface area contributed by atoms with Gasteiger partial charge in [-0.25, -0.2) is 0 Å². The van der Waals surface area contributed by atoms with Crippen LogP contribution >= 0.6 is 22.6 Å². The van der Waals surface area contributed by atoms with Crippen LogP contribution in [0.5, 0.6) is 0 Å². The van der Waals surface area contributed by atoms with Gasteiger partial charge in [-0.15, -0.1) is 0 Å². The molecule has 18 heavy (non-hydrogen) atoms. The Morgan fingerprint density at radius 1 is 1.33 bits per heavy atom. The van der Waals surface area contributed by atoms with Crippen molar-refractivity contribution in [3.05, 3.63) is 32.9 Å². The molecule has 0 spiro atoms. The van der Waals surface area contributed by atoms with Crippen LogP contribution < -0.4 is 5.32 Å². The summed E-state index contributed by atoms with van der Waals surface area (Å²) in [6, 6.07) is 7.26. The number of benzene rings is 1. The van der Waals surface area contributed by atoms with Crippen LogP contribution in [0.2, 0.25) is 0 Å². The molecule has 2 heteroatoms. The molecule has 0 saturated heterocycles. The zero-order valence-corrected chi connectivity index (χ0v) is 13.7. The Morgan fingerprint density at radius 2 is 2.06 bits per heavy atom. The van der Waals surface area contributed by atoms with Gasteiger partial charge in [0.1, 0.15) is 0 Å². The van der Waals surface area contributed by atoms with Crippen LogP contribution in [0.15, 0.2) is 18.2 Å². The number of aryl methyl sites for hydroxylation is 1. The van der Waals surface area contributed by atoms with Crippen molar-refractivity contribution in [3.63, 3.8) is 0 Å². The lowest BCUT2D eigenvalue weighted by molar-refractivity contribution is 0.399. The van der Waals surface area contributed by atoms with Crippen molar-refractivity contribution < 1.29 is 0 Å². The van der Waals surface area contributed by atoms with Crippen LogP contribution in [0.4, 0.5) is 0 Å². The quantitative estimate of drug-likeness (QED) is 0.745. The maximum absolute atomic E-state index is 3.69. The van der Waals surface area contributed by atoms with E-state index in [9.17, 15) is 0 Å². The average Bonchev–Trinajstić information content (AvgIpc) is 2.85. The third-order valence-corrected chi connectivity index (χ3v) is 5.56. The number of nitrogens with one attached hydrogen (secondary N) is 1. The molecule has 0 heterocycles. The van der Waals surface area contributed by atoms with E-state index in [-0.39, 0.29) is 0 Å². The molecule has 1 aliphatic rings. The minimum atomic E-state index is 0.546. The van der Waals surface area contributed by atoms with Gasteiger partial charge in [-0.05, 0) is 59.5 Å². The topological polar surface area (TPSA) is 12.0 Å². The average molecular weight is 357 g/mol. The fourth-order valence-electron chi connectivity index (χ4n) is 3.09. The maximum Gasteiger partial charge on any atom is 0.0333 e. The number of hydrogen-bond donors (Lipinski definition) is 1. The molecule has 1 aromatic carbocycles. The predicted molar refractivity (Wildman–Crippen MR) is 86.9 cm³/mol. The molecule has 0 aliphatic heterocycles. The highest BCUT2D eigenvalue weighted by Gasteiger charge is 2.22. The Balaban J connectivity index is 2.14.